The van der Waals surface area contributed by atoms with Crippen molar-refractivity contribution in [3.05, 3.63) is 39.4 Å². The number of amides is 2. The molecule has 1 saturated heterocycles. The summed E-state index contributed by atoms with van der Waals surface area (Å²) in [5.41, 5.74) is -0.194. The van der Waals surface area contributed by atoms with Crippen LogP contribution in [0.3, 0.4) is 0 Å². The van der Waals surface area contributed by atoms with Crippen molar-refractivity contribution >= 4 is 17.5 Å². The highest BCUT2D eigenvalue weighted by Gasteiger charge is 2.40. The van der Waals surface area contributed by atoms with Crippen LogP contribution in [0.15, 0.2) is 18.2 Å². The molecular formula is C20H29N3O5. The third-order valence-electron chi connectivity index (χ3n) is 6.02. The molecule has 154 valence electrons. The van der Waals surface area contributed by atoms with Gasteiger partial charge >= 0.3 is 0 Å². The van der Waals surface area contributed by atoms with E-state index in [0.717, 1.165) is 0 Å². The van der Waals surface area contributed by atoms with Gasteiger partial charge in [0, 0.05) is 42.9 Å². The first kappa shape index (κ1) is 21.8. The van der Waals surface area contributed by atoms with Crippen LogP contribution < -0.4 is 0 Å². The molecule has 2 rings (SSSR count). The summed E-state index contributed by atoms with van der Waals surface area (Å²) < 4.78 is 0. The van der Waals surface area contributed by atoms with Gasteiger partial charge < -0.3 is 14.9 Å². The molecule has 0 spiro atoms. The molecule has 0 aliphatic carbocycles. The lowest BCUT2D eigenvalue weighted by molar-refractivity contribution is -0.385. The number of rotatable bonds is 6. The van der Waals surface area contributed by atoms with Gasteiger partial charge in [0.1, 0.15) is 0 Å². The maximum atomic E-state index is 13.0. The molecule has 2 amide bonds. The van der Waals surface area contributed by atoms with Gasteiger partial charge in [0.15, 0.2) is 0 Å². The van der Waals surface area contributed by atoms with Gasteiger partial charge in [0.2, 0.25) is 5.91 Å². The van der Waals surface area contributed by atoms with E-state index in [1.165, 1.54) is 12.1 Å². The van der Waals surface area contributed by atoms with Gasteiger partial charge in [-0.05, 0) is 32.8 Å². The number of benzene rings is 1. The summed E-state index contributed by atoms with van der Waals surface area (Å²) in [7, 11) is 0. The van der Waals surface area contributed by atoms with E-state index in [1.807, 2.05) is 20.8 Å². The molecule has 1 aromatic rings. The fraction of sp³-hybridized carbons (Fsp3) is 0.600. The van der Waals surface area contributed by atoms with Crippen LogP contribution in [0, 0.1) is 22.5 Å². The molecule has 8 heteroatoms. The first-order valence-electron chi connectivity index (χ1n) is 9.67. The summed E-state index contributed by atoms with van der Waals surface area (Å²) in [5, 5.41) is 20.9. The highest BCUT2D eigenvalue weighted by atomic mass is 16.6. The van der Waals surface area contributed by atoms with Crippen LogP contribution in [-0.2, 0) is 4.79 Å². The van der Waals surface area contributed by atoms with Crippen LogP contribution >= 0.6 is 0 Å². The van der Waals surface area contributed by atoms with Crippen molar-refractivity contribution in [1.82, 2.24) is 9.80 Å². The van der Waals surface area contributed by atoms with E-state index < -0.39 is 10.3 Å². The highest BCUT2D eigenvalue weighted by molar-refractivity contribution is 5.97. The number of aliphatic hydroxyl groups excluding tert-OH is 1. The molecule has 1 aromatic carbocycles. The van der Waals surface area contributed by atoms with Crippen LogP contribution in [-0.4, -0.2) is 63.9 Å². The average Bonchev–Trinajstić information content (AvgIpc) is 2.69. The summed E-state index contributed by atoms with van der Waals surface area (Å²) in [6, 6.07) is 4.27. The number of carbonyl (C=O) groups is 2. The SMILES string of the molecule is CCC(CC)(CO)C(=O)N1CCN(C(=O)c2cccc([N+](=O)[O-])c2C)[C@@H](C)C1. The lowest BCUT2D eigenvalue weighted by Crippen LogP contribution is -2.58. The Bertz CT molecular complexity index is 752. The predicted molar refractivity (Wildman–Crippen MR) is 105 cm³/mol. The minimum atomic E-state index is -0.775. The normalized spacial score (nSPS) is 17.5. The van der Waals surface area contributed by atoms with Crippen LogP contribution in [0.2, 0.25) is 0 Å². The zero-order valence-electron chi connectivity index (χ0n) is 17.0. The number of hydrogen-bond donors (Lipinski definition) is 1. The van der Waals surface area contributed by atoms with E-state index in [1.54, 1.807) is 22.8 Å². The van der Waals surface area contributed by atoms with Crippen LogP contribution in [0.1, 0.15) is 49.5 Å². The zero-order chi connectivity index (χ0) is 21.1. The molecule has 0 saturated carbocycles. The van der Waals surface area contributed by atoms with E-state index in [-0.39, 0.29) is 30.2 Å². The second kappa shape index (κ2) is 8.68. The standard InChI is InChI=1S/C20H29N3O5/c1-5-20(6-2,13-24)19(26)21-10-11-22(14(3)12-21)18(25)16-8-7-9-17(15(16)4)23(27)28/h7-9,14,24H,5-6,10-13H2,1-4H3/t14-/m0/s1. The molecule has 28 heavy (non-hydrogen) atoms. The van der Waals surface area contributed by atoms with Crippen molar-refractivity contribution in [2.24, 2.45) is 5.41 Å². The Kier molecular flexibility index (Phi) is 6.77. The first-order valence-corrected chi connectivity index (χ1v) is 9.67. The lowest BCUT2D eigenvalue weighted by atomic mass is 9.81. The minimum Gasteiger partial charge on any atom is -0.395 e. The lowest BCUT2D eigenvalue weighted by Gasteiger charge is -2.43. The third kappa shape index (κ3) is 3.87. The Morgan fingerprint density at radius 1 is 1.29 bits per heavy atom. The number of nitro benzene ring substituents is 1. The summed E-state index contributed by atoms with van der Waals surface area (Å²) in [4.78, 5) is 40.0. The number of nitro groups is 1. The third-order valence-corrected chi connectivity index (χ3v) is 6.02. The Balaban J connectivity index is 2.19. The average molecular weight is 391 g/mol. The van der Waals surface area contributed by atoms with Gasteiger partial charge in [-0.3, -0.25) is 19.7 Å². The van der Waals surface area contributed by atoms with Gasteiger partial charge in [0.05, 0.1) is 16.9 Å². The second-order valence-electron chi connectivity index (χ2n) is 7.45. The number of hydrogen-bond acceptors (Lipinski definition) is 5. The topological polar surface area (TPSA) is 104 Å². The van der Waals surface area contributed by atoms with Crippen molar-refractivity contribution in [3.8, 4) is 0 Å². The largest absolute Gasteiger partial charge is 0.395 e. The van der Waals surface area contributed by atoms with Crippen molar-refractivity contribution < 1.29 is 19.6 Å². The summed E-state index contributed by atoms with van der Waals surface area (Å²) >= 11 is 0. The molecule has 1 aliphatic rings. The molecule has 1 fully saturated rings. The molecule has 0 bridgehead atoms. The van der Waals surface area contributed by atoms with Crippen molar-refractivity contribution in [1.29, 1.82) is 0 Å². The van der Waals surface area contributed by atoms with E-state index in [0.29, 0.717) is 43.6 Å². The maximum absolute atomic E-state index is 13.0. The van der Waals surface area contributed by atoms with Crippen LogP contribution in [0.25, 0.3) is 0 Å². The number of carbonyl (C=O) groups excluding carboxylic acids is 2. The molecule has 1 aliphatic heterocycles. The van der Waals surface area contributed by atoms with E-state index in [2.05, 4.69) is 0 Å². The van der Waals surface area contributed by atoms with Gasteiger partial charge in [-0.25, -0.2) is 0 Å². The molecule has 1 atom stereocenters. The number of aliphatic hydroxyl groups is 1. The fourth-order valence-corrected chi connectivity index (χ4v) is 3.83. The second-order valence-corrected chi connectivity index (χ2v) is 7.45. The predicted octanol–water partition coefficient (Wildman–Crippen LogP) is 2.37. The number of piperazine rings is 1. The molecule has 0 aromatic heterocycles. The Labute approximate surface area is 165 Å². The fourth-order valence-electron chi connectivity index (χ4n) is 3.83. The van der Waals surface area contributed by atoms with Gasteiger partial charge in [-0.1, -0.05) is 19.9 Å². The Hall–Kier alpha value is -2.48. The Morgan fingerprint density at radius 2 is 1.93 bits per heavy atom. The highest BCUT2D eigenvalue weighted by Crippen LogP contribution is 2.30. The maximum Gasteiger partial charge on any atom is 0.273 e. The van der Waals surface area contributed by atoms with Crippen molar-refractivity contribution in [2.45, 2.75) is 46.6 Å². The summed E-state index contributed by atoms with van der Waals surface area (Å²) in [6.45, 7) is 8.14. The summed E-state index contributed by atoms with van der Waals surface area (Å²) in [6.07, 6.45) is 1.11. The Morgan fingerprint density at radius 3 is 2.43 bits per heavy atom. The van der Waals surface area contributed by atoms with Crippen molar-refractivity contribution in [3.63, 3.8) is 0 Å². The zero-order valence-corrected chi connectivity index (χ0v) is 17.0. The molecule has 1 heterocycles. The van der Waals surface area contributed by atoms with Gasteiger partial charge in [-0.2, -0.15) is 0 Å². The summed E-state index contributed by atoms with van der Waals surface area (Å²) in [5.74, 6) is -0.342. The molecule has 8 nitrogen and oxygen atoms in total. The smallest absolute Gasteiger partial charge is 0.273 e. The molecule has 0 radical (unpaired) electrons. The molecule has 1 N–H and O–H groups in total. The van der Waals surface area contributed by atoms with E-state index in [9.17, 15) is 24.8 Å². The minimum absolute atomic E-state index is 0.0778. The monoisotopic (exact) mass is 391 g/mol. The van der Waals surface area contributed by atoms with Gasteiger partial charge in [0.25, 0.3) is 11.6 Å². The molecular weight excluding hydrogens is 362 g/mol. The van der Waals surface area contributed by atoms with Gasteiger partial charge in [-0.15, -0.1) is 0 Å². The molecule has 0 unspecified atom stereocenters. The van der Waals surface area contributed by atoms with E-state index in [4.69, 9.17) is 0 Å². The first-order chi connectivity index (χ1) is 13.2. The van der Waals surface area contributed by atoms with Crippen LogP contribution in [0.5, 0.6) is 0 Å². The quantitative estimate of drug-likeness (QED) is 0.592. The van der Waals surface area contributed by atoms with Crippen LogP contribution in [0.4, 0.5) is 5.69 Å². The van der Waals surface area contributed by atoms with Crippen molar-refractivity contribution in [2.75, 3.05) is 26.2 Å². The number of nitrogens with zero attached hydrogens (tertiary/aromatic N) is 3. The van der Waals surface area contributed by atoms with E-state index >= 15 is 0 Å².